The van der Waals surface area contributed by atoms with Crippen molar-refractivity contribution in [1.82, 2.24) is 10.2 Å². The van der Waals surface area contributed by atoms with Gasteiger partial charge in [0.1, 0.15) is 0 Å². The second-order valence-corrected chi connectivity index (χ2v) is 5.21. The average Bonchev–Trinajstić information content (AvgIpc) is 2.59. The van der Waals surface area contributed by atoms with Crippen LogP contribution in [0.25, 0.3) is 0 Å². The van der Waals surface area contributed by atoms with Gasteiger partial charge < -0.3 is 5.32 Å². The molecule has 1 unspecified atom stereocenters. The molecule has 1 atom stereocenters. The fourth-order valence-corrected chi connectivity index (χ4v) is 3.04. The molecule has 2 fully saturated rings. The van der Waals surface area contributed by atoms with Crippen molar-refractivity contribution in [3.63, 3.8) is 0 Å². The predicted octanol–water partition coefficient (Wildman–Crippen LogP) is 2.17. The molecule has 1 saturated carbocycles. The van der Waals surface area contributed by atoms with Crippen molar-refractivity contribution in [3.8, 4) is 0 Å². The number of rotatable bonds is 2. The van der Waals surface area contributed by atoms with Crippen LogP contribution in [-0.4, -0.2) is 36.1 Å². The molecular weight excluding hydrogens is 184 g/mol. The summed E-state index contributed by atoms with van der Waals surface area (Å²) < 4.78 is 0. The van der Waals surface area contributed by atoms with E-state index in [4.69, 9.17) is 0 Å². The van der Waals surface area contributed by atoms with Gasteiger partial charge in [0, 0.05) is 18.1 Å². The zero-order chi connectivity index (χ0) is 10.7. The fraction of sp³-hybridized carbons (Fsp3) is 0.846. The van der Waals surface area contributed by atoms with Crippen molar-refractivity contribution >= 4 is 0 Å². The van der Waals surface area contributed by atoms with Crippen LogP contribution in [0, 0.1) is 0 Å². The number of nitrogens with zero attached hydrogens (tertiary/aromatic N) is 1. The molecule has 0 bridgehead atoms. The molecule has 1 saturated heterocycles. The zero-order valence-electron chi connectivity index (χ0n) is 9.97. The van der Waals surface area contributed by atoms with Crippen molar-refractivity contribution in [1.29, 1.82) is 0 Å². The van der Waals surface area contributed by atoms with Gasteiger partial charge in [-0.05, 0) is 39.3 Å². The Labute approximate surface area is 93.7 Å². The second kappa shape index (κ2) is 4.67. The monoisotopic (exact) mass is 208 g/mol. The molecule has 2 nitrogen and oxygen atoms in total. The number of hydrogen-bond donors (Lipinski definition) is 1. The second-order valence-electron chi connectivity index (χ2n) is 5.21. The molecule has 2 heteroatoms. The van der Waals surface area contributed by atoms with E-state index in [9.17, 15) is 0 Å². The van der Waals surface area contributed by atoms with E-state index in [1.54, 1.807) is 0 Å². The number of hydrogen-bond acceptors (Lipinski definition) is 2. The SMILES string of the molecule is C=CC(C)N1CCCNC2(CCCC2)C1. The van der Waals surface area contributed by atoms with Crippen molar-refractivity contribution < 1.29 is 0 Å². The summed E-state index contributed by atoms with van der Waals surface area (Å²) in [5.41, 5.74) is 0.438. The highest BCUT2D eigenvalue weighted by molar-refractivity contribution is 4.99. The number of nitrogens with one attached hydrogen (secondary N) is 1. The Balaban J connectivity index is 2.04. The molecule has 0 aromatic rings. The Kier molecular flexibility index (Phi) is 3.47. The van der Waals surface area contributed by atoms with Crippen LogP contribution in [0.2, 0.25) is 0 Å². The highest BCUT2D eigenvalue weighted by atomic mass is 15.2. The third-order valence-electron chi connectivity index (χ3n) is 4.11. The van der Waals surface area contributed by atoms with E-state index in [0.717, 1.165) is 0 Å². The van der Waals surface area contributed by atoms with E-state index in [0.29, 0.717) is 11.6 Å². The Hall–Kier alpha value is -0.340. The standard InChI is InChI=1S/C13H24N2/c1-3-12(2)15-10-6-9-14-13(11-15)7-4-5-8-13/h3,12,14H,1,4-11H2,2H3. The van der Waals surface area contributed by atoms with Gasteiger partial charge in [-0.15, -0.1) is 6.58 Å². The van der Waals surface area contributed by atoms with Crippen LogP contribution in [0.3, 0.4) is 0 Å². The van der Waals surface area contributed by atoms with Gasteiger partial charge in [0.25, 0.3) is 0 Å². The molecule has 1 N–H and O–H groups in total. The Morgan fingerprint density at radius 2 is 2.07 bits per heavy atom. The van der Waals surface area contributed by atoms with E-state index < -0.39 is 0 Å². The zero-order valence-corrected chi connectivity index (χ0v) is 9.97. The van der Waals surface area contributed by atoms with Crippen LogP contribution in [0.1, 0.15) is 39.0 Å². The largest absolute Gasteiger partial charge is 0.310 e. The summed E-state index contributed by atoms with van der Waals surface area (Å²) in [6.45, 7) is 9.83. The maximum absolute atomic E-state index is 3.92. The minimum Gasteiger partial charge on any atom is -0.310 e. The molecule has 15 heavy (non-hydrogen) atoms. The van der Waals surface area contributed by atoms with Crippen LogP contribution < -0.4 is 5.32 Å². The fourth-order valence-electron chi connectivity index (χ4n) is 3.04. The summed E-state index contributed by atoms with van der Waals surface area (Å²) in [4.78, 5) is 2.60. The molecule has 1 aliphatic carbocycles. The van der Waals surface area contributed by atoms with Gasteiger partial charge in [-0.25, -0.2) is 0 Å². The first-order chi connectivity index (χ1) is 7.26. The third kappa shape index (κ3) is 2.43. The maximum Gasteiger partial charge on any atom is 0.0309 e. The molecule has 0 aromatic heterocycles. The van der Waals surface area contributed by atoms with E-state index in [1.165, 1.54) is 51.7 Å². The third-order valence-corrected chi connectivity index (χ3v) is 4.11. The molecule has 1 spiro atoms. The molecule has 0 aromatic carbocycles. The highest BCUT2D eigenvalue weighted by Gasteiger charge is 2.36. The van der Waals surface area contributed by atoms with E-state index in [-0.39, 0.29) is 0 Å². The van der Waals surface area contributed by atoms with Crippen molar-refractivity contribution in [2.75, 3.05) is 19.6 Å². The van der Waals surface area contributed by atoms with Crippen molar-refractivity contribution in [2.24, 2.45) is 0 Å². The maximum atomic E-state index is 3.92. The molecular formula is C13H24N2. The molecule has 0 amide bonds. The first-order valence-corrected chi connectivity index (χ1v) is 6.37. The Morgan fingerprint density at radius 1 is 1.33 bits per heavy atom. The van der Waals surface area contributed by atoms with Crippen molar-refractivity contribution in [3.05, 3.63) is 12.7 Å². The van der Waals surface area contributed by atoms with Crippen LogP contribution in [0.5, 0.6) is 0 Å². The van der Waals surface area contributed by atoms with E-state index >= 15 is 0 Å². The lowest BCUT2D eigenvalue weighted by atomic mass is 9.96. The molecule has 0 radical (unpaired) electrons. The van der Waals surface area contributed by atoms with Gasteiger partial charge in [0.15, 0.2) is 0 Å². The molecule has 2 rings (SSSR count). The summed E-state index contributed by atoms with van der Waals surface area (Å²) in [6.07, 6.45) is 8.90. The summed E-state index contributed by atoms with van der Waals surface area (Å²) in [5.74, 6) is 0. The summed E-state index contributed by atoms with van der Waals surface area (Å²) in [7, 11) is 0. The van der Waals surface area contributed by atoms with Gasteiger partial charge in [-0.3, -0.25) is 4.90 Å². The molecule has 1 heterocycles. The van der Waals surface area contributed by atoms with Gasteiger partial charge in [-0.2, -0.15) is 0 Å². The molecule has 2 aliphatic rings. The molecule has 1 aliphatic heterocycles. The van der Waals surface area contributed by atoms with Gasteiger partial charge in [0.05, 0.1) is 0 Å². The average molecular weight is 208 g/mol. The minimum absolute atomic E-state index is 0.438. The first kappa shape index (κ1) is 11.2. The normalized spacial score (nSPS) is 28.9. The van der Waals surface area contributed by atoms with Crippen LogP contribution >= 0.6 is 0 Å². The van der Waals surface area contributed by atoms with Gasteiger partial charge >= 0.3 is 0 Å². The highest BCUT2D eigenvalue weighted by Crippen LogP contribution is 2.32. The summed E-state index contributed by atoms with van der Waals surface area (Å²) in [6, 6.07) is 0.530. The minimum atomic E-state index is 0.438. The predicted molar refractivity (Wildman–Crippen MR) is 65.1 cm³/mol. The lowest BCUT2D eigenvalue weighted by Crippen LogP contribution is -2.50. The smallest absolute Gasteiger partial charge is 0.0309 e. The van der Waals surface area contributed by atoms with Gasteiger partial charge in [0.2, 0.25) is 0 Å². The Bertz CT molecular complexity index is 219. The van der Waals surface area contributed by atoms with Crippen molar-refractivity contribution in [2.45, 2.75) is 50.6 Å². The first-order valence-electron chi connectivity index (χ1n) is 6.37. The Morgan fingerprint density at radius 3 is 2.73 bits per heavy atom. The van der Waals surface area contributed by atoms with E-state index in [2.05, 4.69) is 29.8 Å². The summed E-state index contributed by atoms with van der Waals surface area (Å²) >= 11 is 0. The molecule has 86 valence electrons. The lowest BCUT2D eigenvalue weighted by Gasteiger charge is -2.35. The van der Waals surface area contributed by atoms with Crippen LogP contribution in [0.15, 0.2) is 12.7 Å². The lowest BCUT2D eigenvalue weighted by molar-refractivity contribution is 0.188. The van der Waals surface area contributed by atoms with Crippen LogP contribution in [0.4, 0.5) is 0 Å². The topological polar surface area (TPSA) is 15.3 Å². The van der Waals surface area contributed by atoms with E-state index in [1.807, 2.05) is 0 Å². The van der Waals surface area contributed by atoms with Crippen LogP contribution in [-0.2, 0) is 0 Å². The quantitative estimate of drug-likeness (QED) is 0.700. The summed E-state index contributed by atoms with van der Waals surface area (Å²) in [5, 5.41) is 3.79. The van der Waals surface area contributed by atoms with Gasteiger partial charge in [-0.1, -0.05) is 18.9 Å².